The van der Waals surface area contributed by atoms with Gasteiger partial charge in [0.15, 0.2) is 0 Å². The van der Waals surface area contributed by atoms with E-state index in [4.69, 9.17) is 0 Å². The average molecular weight is 576 g/mol. The van der Waals surface area contributed by atoms with E-state index in [2.05, 4.69) is 33.0 Å². The highest BCUT2D eigenvalue weighted by Gasteiger charge is 2.37. The Labute approximate surface area is 259 Å². The number of unbranched alkanes of at least 4 members (excludes halogenated alkanes) is 17. The zero-order valence-corrected chi connectivity index (χ0v) is 28.9. The first-order valence-corrected chi connectivity index (χ1v) is 19.4. The van der Waals surface area contributed by atoms with Crippen molar-refractivity contribution in [1.82, 2.24) is 5.32 Å². The lowest BCUT2D eigenvalue weighted by Gasteiger charge is -2.44. The Hall–Kier alpha value is -0.530. The minimum absolute atomic E-state index is 0.281. The van der Waals surface area contributed by atoms with Gasteiger partial charge in [0.25, 0.3) is 0 Å². The summed E-state index contributed by atoms with van der Waals surface area (Å²) >= 11 is 0. The van der Waals surface area contributed by atoms with Crippen LogP contribution in [0.25, 0.3) is 0 Å². The largest absolute Gasteiger partial charge is 0.356 e. The molecule has 244 valence electrons. The Morgan fingerprint density at radius 1 is 0.463 bits per heavy atom. The van der Waals surface area contributed by atoms with Crippen LogP contribution in [0.2, 0.25) is 0 Å². The van der Waals surface area contributed by atoms with Gasteiger partial charge in [0, 0.05) is 13.0 Å². The first-order chi connectivity index (χ1) is 20.2. The van der Waals surface area contributed by atoms with E-state index >= 15 is 0 Å². The fourth-order valence-corrected chi connectivity index (χ4v) is 7.87. The first-order valence-electron chi connectivity index (χ1n) is 19.4. The molecule has 1 saturated carbocycles. The summed E-state index contributed by atoms with van der Waals surface area (Å²) in [5.41, 5.74) is 0. The summed E-state index contributed by atoms with van der Waals surface area (Å²) in [5, 5.41) is 3.15. The quantitative estimate of drug-likeness (QED) is 0.0883. The van der Waals surface area contributed by atoms with E-state index in [-0.39, 0.29) is 5.91 Å². The zero-order valence-electron chi connectivity index (χ0n) is 28.9. The summed E-state index contributed by atoms with van der Waals surface area (Å²) in [7, 11) is 0. The Morgan fingerprint density at radius 2 is 0.854 bits per heavy atom. The molecule has 0 bridgehead atoms. The molecule has 2 nitrogen and oxygen atoms in total. The number of carbonyl (C=O) groups is 1. The van der Waals surface area contributed by atoms with Crippen molar-refractivity contribution in [2.24, 2.45) is 23.7 Å². The third-order valence-corrected chi connectivity index (χ3v) is 10.5. The summed E-state index contributed by atoms with van der Waals surface area (Å²) in [6.45, 7) is 10.2. The molecule has 0 spiro atoms. The Bertz CT molecular complexity index is 560. The van der Waals surface area contributed by atoms with E-state index in [1.807, 2.05) is 0 Å². The lowest BCUT2D eigenvalue weighted by Crippen LogP contribution is -2.35. The van der Waals surface area contributed by atoms with Crippen LogP contribution in [0.4, 0.5) is 0 Å². The van der Waals surface area contributed by atoms with E-state index in [1.54, 1.807) is 0 Å². The molecule has 1 amide bonds. The number of hydrogen-bond donors (Lipinski definition) is 1. The molecule has 0 aromatic carbocycles. The van der Waals surface area contributed by atoms with Crippen molar-refractivity contribution in [3.8, 4) is 0 Å². The molecule has 1 N–H and O–H groups in total. The molecule has 0 radical (unpaired) electrons. The minimum atomic E-state index is 0.281. The maximum Gasteiger partial charge on any atom is 0.219 e. The first kappa shape index (κ1) is 38.5. The van der Waals surface area contributed by atoms with Gasteiger partial charge in [-0.2, -0.15) is 0 Å². The van der Waals surface area contributed by atoms with Gasteiger partial charge in [0.1, 0.15) is 0 Å². The molecule has 4 atom stereocenters. The predicted octanol–water partition coefficient (Wildman–Crippen LogP) is 13.0. The normalized spacial score (nSPS) is 20.9. The third-order valence-electron chi connectivity index (χ3n) is 10.5. The summed E-state index contributed by atoms with van der Waals surface area (Å²) in [5.74, 6) is 4.28. The predicted molar refractivity (Wildman–Crippen MR) is 184 cm³/mol. The second-order valence-corrected chi connectivity index (χ2v) is 14.0. The van der Waals surface area contributed by atoms with Crippen LogP contribution in [0.15, 0.2) is 0 Å². The van der Waals surface area contributed by atoms with E-state index in [0.29, 0.717) is 0 Å². The van der Waals surface area contributed by atoms with E-state index in [9.17, 15) is 4.79 Å². The fourth-order valence-electron chi connectivity index (χ4n) is 7.87. The van der Waals surface area contributed by atoms with E-state index in [1.165, 1.54) is 167 Å². The molecule has 2 heteroatoms. The third kappa shape index (κ3) is 20.1. The second kappa shape index (κ2) is 28.3. The van der Waals surface area contributed by atoms with Crippen LogP contribution in [0, 0.1) is 23.7 Å². The Morgan fingerprint density at radius 3 is 1.39 bits per heavy atom. The molecule has 41 heavy (non-hydrogen) atoms. The van der Waals surface area contributed by atoms with Crippen molar-refractivity contribution in [3.05, 3.63) is 0 Å². The van der Waals surface area contributed by atoms with Crippen molar-refractivity contribution in [1.29, 1.82) is 0 Å². The van der Waals surface area contributed by atoms with Crippen molar-refractivity contribution >= 4 is 5.91 Å². The summed E-state index contributed by atoms with van der Waals surface area (Å²) in [6.07, 6.45) is 39.7. The van der Waals surface area contributed by atoms with Gasteiger partial charge in [0.2, 0.25) is 5.91 Å². The van der Waals surface area contributed by atoms with Crippen molar-refractivity contribution in [2.75, 3.05) is 6.54 Å². The standard InChI is InChI=1S/C39H77NO/c1-5-9-13-16-18-23-30-38-36(28-22-15-11-7-3)33-32-35(27-12-8-4)37(38)29-24-19-17-20-25-31-39(41)40-34-26-21-14-10-6-2/h35-38H,5-34H2,1-4H3,(H,40,41). The maximum atomic E-state index is 12.2. The van der Waals surface area contributed by atoms with Crippen LogP contribution in [-0.2, 0) is 4.79 Å². The highest BCUT2D eigenvalue weighted by atomic mass is 16.1. The van der Waals surface area contributed by atoms with Crippen LogP contribution in [0.3, 0.4) is 0 Å². The van der Waals surface area contributed by atoms with Gasteiger partial charge in [-0.25, -0.2) is 0 Å². The van der Waals surface area contributed by atoms with Gasteiger partial charge in [-0.05, 0) is 62.2 Å². The molecule has 4 unspecified atom stereocenters. The molecule has 0 heterocycles. The lowest BCUT2D eigenvalue weighted by atomic mass is 9.61. The van der Waals surface area contributed by atoms with Crippen LogP contribution in [-0.4, -0.2) is 12.5 Å². The molecule has 1 aliphatic carbocycles. The van der Waals surface area contributed by atoms with Crippen molar-refractivity contribution < 1.29 is 4.79 Å². The second-order valence-electron chi connectivity index (χ2n) is 14.0. The highest BCUT2D eigenvalue weighted by molar-refractivity contribution is 5.75. The fraction of sp³-hybridized carbons (Fsp3) is 0.974. The van der Waals surface area contributed by atoms with E-state index < -0.39 is 0 Å². The molecule has 1 fully saturated rings. The van der Waals surface area contributed by atoms with Crippen LogP contribution >= 0.6 is 0 Å². The van der Waals surface area contributed by atoms with Gasteiger partial charge >= 0.3 is 0 Å². The lowest BCUT2D eigenvalue weighted by molar-refractivity contribution is -0.121. The summed E-state index contributed by atoms with van der Waals surface area (Å²) in [6, 6.07) is 0. The average Bonchev–Trinajstić information content (AvgIpc) is 2.98. The molecule has 1 aliphatic rings. The Kier molecular flexibility index (Phi) is 26.5. The van der Waals surface area contributed by atoms with Gasteiger partial charge in [0.05, 0.1) is 0 Å². The van der Waals surface area contributed by atoms with Gasteiger partial charge in [-0.15, -0.1) is 0 Å². The van der Waals surface area contributed by atoms with Crippen molar-refractivity contribution in [2.45, 2.75) is 214 Å². The number of rotatable bonds is 29. The summed E-state index contributed by atoms with van der Waals surface area (Å²) < 4.78 is 0. The van der Waals surface area contributed by atoms with Crippen LogP contribution in [0.1, 0.15) is 214 Å². The van der Waals surface area contributed by atoms with Gasteiger partial charge in [-0.1, -0.05) is 169 Å². The minimum Gasteiger partial charge on any atom is -0.356 e. The van der Waals surface area contributed by atoms with Crippen LogP contribution < -0.4 is 5.32 Å². The maximum absolute atomic E-state index is 12.2. The SMILES string of the molecule is CCCCCCCCC1C(CCCCCC)CCC(CCCC)C1CCCCCCCC(=O)NCCCCCCC. The number of nitrogens with one attached hydrogen (secondary N) is 1. The number of amides is 1. The zero-order chi connectivity index (χ0) is 29.8. The van der Waals surface area contributed by atoms with Crippen molar-refractivity contribution in [3.63, 3.8) is 0 Å². The molecule has 0 saturated heterocycles. The summed E-state index contributed by atoms with van der Waals surface area (Å²) in [4.78, 5) is 12.2. The van der Waals surface area contributed by atoms with Crippen LogP contribution in [0.5, 0.6) is 0 Å². The molecule has 0 aliphatic heterocycles. The molecule has 0 aromatic heterocycles. The smallest absolute Gasteiger partial charge is 0.219 e. The molecular formula is C39H77NO. The highest BCUT2D eigenvalue weighted by Crippen LogP contribution is 2.47. The molecular weight excluding hydrogens is 498 g/mol. The topological polar surface area (TPSA) is 29.1 Å². The van der Waals surface area contributed by atoms with Gasteiger partial charge in [-0.3, -0.25) is 4.79 Å². The molecule has 0 aromatic rings. The van der Waals surface area contributed by atoms with Gasteiger partial charge < -0.3 is 5.32 Å². The molecule has 1 rings (SSSR count). The van der Waals surface area contributed by atoms with E-state index in [0.717, 1.165) is 49.5 Å². The monoisotopic (exact) mass is 576 g/mol. The Balaban J connectivity index is 2.48. The number of hydrogen-bond acceptors (Lipinski definition) is 1. The number of carbonyl (C=O) groups excluding carboxylic acids is 1.